The van der Waals surface area contributed by atoms with Crippen molar-refractivity contribution < 1.29 is 4.79 Å². The smallest absolute Gasteiger partial charge is 0.271 e. The van der Waals surface area contributed by atoms with Crippen molar-refractivity contribution >= 4 is 23.7 Å². The van der Waals surface area contributed by atoms with E-state index in [0.29, 0.717) is 10.6 Å². The molecule has 0 saturated heterocycles. The molecule has 92 valence electrons. The van der Waals surface area contributed by atoms with Crippen LogP contribution in [0.25, 0.3) is 0 Å². The predicted molar refractivity (Wildman–Crippen MR) is 71.9 cm³/mol. The summed E-state index contributed by atoms with van der Waals surface area (Å²) in [6.07, 6.45) is 3.50. The van der Waals surface area contributed by atoms with Gasteiger partial charge in [-0.15, -0.1) is 0 Å². The first-order chi connectivity index (χ1) is 8.66. The van der Waals surface area contributed by atoms with Gasteiger partial charge in [0, 0.05) is 23.8 Å². The van der Waals surface area contributed by atoms with Crippen LogP contribution in [0, 0.1) is 0 Å². The lowest BCUT2D eigenvalue weighted by atomic mass is 10.2. The molecule has 1 amide bonds. The van der Waals surface area contributed by atoms with Crippen molar-refractivity contribution in [2.24, 2.45) is 12.1 Å². The van der Waals surface area contributed by atoms with Crippen molar-refractivity contribution in [3.8, 4) is 0 Å². The Bertz CT molecular complexity index is 572. The molecule has 5 heteroatoms. The highest BCUT2D eigenvalue weighted by atomic mass is 35.5. The molecule has 0 spiro atoms. The minimum Gasteiger partial charge on any atom is -0.350 e. The Morgan fingerprint density at radius 3 is 2.67 bits per heavy atom. The van der Waals surface area contributed by atoms with Gasteiger partial charge in [0.25, 0.3) is 5.91 Å². The van der Waals surface area contributed by atoms with Gasteiger partial charge < -0.3 is 4.57 Å². The molecule has 0 radical (unpaired) electrons. The van der Waals surface area contributed by atoms with Gasteiger partial charge in [0.05, 0.1) is 11.9 Å². The van der Waals surface area contributed by atoms with Gasteiger partial charge >= 0.3 is 0 Å². The van der Waals surface area contributed by atoms with Gasteiger partial charge in [0.2, 0.25) is 0 Å². The van der Waals surface area contributed by atoms with Crippen LogP contribution in [0.4, 0.5) is 0 Å². The number of hydrogen-bond acceptors (Lipinski definition) is 2. The molecule has 0 aliphatic rings. The van der Waals surface area contributed by atoms with E-state index in [0.717, 1.165) is 5.69 Å². The summed E-state index contributed by atoms with van der Waals surface area (Å²) in [4.78, 5) is 11.7. The number of hydrogen-bond donors (Lipinski definition) is 1. The summed E-state index contributed by atoms with van der Waals surface area (Å²) < 4.78 is 1.90. The number of hydrazone groups is 1. The van der Waals surface area contributed by atoms with Crippen molar-refractivity contribution in [1.82, 2.24) is 9.99 Å². The van der Waals surface area contributed by atoms with Crippen molar-refractivity contribution in [2.45, 2.75) is 0 Å². The molecule has 2 aromatic rings. The summed E-state index contributed by atoms with van der Waals surface area (Å²) in [5, 5.41) is 4.49. The first kappa shape index (κ1) is 12.4. The predicted octanol–water partition coefficient (Wildman–Crippen LogP) is 2.44. The molecule has 0 aliphatic heterocycles. The van der Waals surface area contributed by atoms with Crippen LogP contribution in [-0.2, 0) is 7.05 Å². The van der Waals surface area contributed by atoms with Gasteiger partial charge in [0.15, 0.2) is 0 Å². The number of benzene rings is 1. The molecule has 2 rings (SSSR count). The second kappa shape index (κ2) is 5.51. The first-order valence-corrected chi connectivity index (χ1v) is 5.75. The van der Waals surface area contributed by atoms with Crippen LogP contribution < -0.4 is 5.43 Å². The van der Waals surface area contributed by atoms with Crippen LogP contribution >= 0.6 is 11.6 Å². The topological polar surface area (TPSA) is 46.4 Å². The number of nitrogens with zero attached hydrogens (tertiary/aromatic N) is 2. The molecule has 0 unspecified atom stereocenters. The van der Waals surface area contributed by atoms with E-state index in [9.17, 15) is 4.79 Å². The highest BCUT2D eigenvalue weighted by molar-refractivity contribution is 6.30. The maximum absolute atomic E-state index is 11.7. The molecular weight excluding hydrogens is 250 g/mol. The van der Waals surface area contributed by atoms with Crippen LogP contribution in [0.2, 0.25) is 5.02 Å². The molecule has 0 saturated carbocycles. The lowest BCUT2D eigenvalue weighted by molar-refractivity contribution is 0.0955. The van der Waals surface area contributed by atoms with Crippen molar-refractivity contribution in [3.63, 3.8) is 0 Å². The Balaban J connectivity index is 1.98. The van der Waals surface area contributed by atoms with Crippen molar-refractivity contribution in [3.05, 3.63) is 58.9 Å². The number of rotatable bonds is 3. The van der Waals surface area contributed by atoms with Crippen LogP contribution in [-0.4, -0.2) is 16.7 Å². The molecule has 18 heavy (non-hydrogen) atoms. The molecule has 0 fully saturated rings. The second-order valence-corrected chi connectivity index (χ2v) is 4.19. The summed E-state index contributed by atoms with van der Waals surface area (Å²) in [6, 6.07) is 10.4. The summed E-state index contributed by atoms with van der Waals surface area (Å²) in [5.74, 6) is -0.267. The zero-order valence-corrected chi connectivity index (χ0v) is 10.6. The monoisotopic (exact) mass is 261 g/mol. The van der Waals surface area contributed by atoms with Crippen molar-refractivity contribution in [2.75, 3.05) is 0 Å². The minimum atomic E-state index is -0.267. The van der Waals surface area contributed by atoms with Gasteiger partial charge in [-0.25, -0.2) is 5.43 Å². The van der Waals surface area contributed by atoms with Gasteiger partial charge in [-0.2, -0.15) is 5.10 Å². The Labute approximate surface area is 110 Å². The minimum absolute atomic E-state index is 0.267. The molecule has 1 heterocycles. The maximum atomic E-state index is 11.7. The van der Waals surface area contributed by atoms with Gasteiger partial charge in [-0.05, 0) is 36.4 Å². The number of carbonyl (C=O) groups excluding carboxylic acids is 1. The fourth-order valence-corrected chi connectivity index (χ4v) is 1.56. The van der Waals surface area contributed by atoms with E-state index < -0.39 is 0 Å². The SMILES string of the molecule is Cn1cccc1/C=N/NC(=O)c1ccc(Cl)cc1. The van der Waals surface area contributed by atoms with Crippen LogP contribution in [0.15, 0.2) is 47.7 Å². The zero-order valence-electron chi connectivity index (χ0n) is 9.80. The fraction of sp³-hybridized carbons (Fsp3) is 0.0769. The summed E-state index contributed by atoms with van der Waals surface area (Å²) in [7, 11) is 1.91. The fourth-order valence-electron chi connectivity index (χ4n) is 1.43. The zero-order chi connectivity index (χ0) is 13.0. The average Bonchev–Trinajstić information content (AvgIpc) is 2.76. The molecule has 1 aromatic carbocycles. The van der Waals surface area contributed by atoms with E-state index in [2.05, 4.69) is 10.5 Å². The number of amides is 1. The van der Waals surface area contributed by atoms with E-state index in [-0.39, 0.29) is 5.91 Å². The number of aromatic nitrogens is 1. The summed E-state index contributed by atoms with van der Waals surface area (Å²) >= 11 is 5.74. The molecule has 0 aliphatic carbocycles. The standard InChI is InChI=1S/C13H12ClN3O/c1-17-8-2-3-12(17)9-15-16-13(18)10-4-6-11(14)7-5-10/h2-9H,1H3,(H,16,18)/b15-9+. The van der Waals surface area contributed by atoms with E-state index in [1.807, 2.05) is 29.9 Å². The molecule has 0 atom stereocenters. The third kappa shape index (κ3) is 2.99. The van der Waals surface area contributed by atoms with Crippen LogP contribution in [0.5, 0.6) is 0 Å². The Hall–Kier alpha value is -2.07. The average molecular weight is 262 g/mol. The Morgan fingerprint density at radius 2 is 2.06 bits per heavy atom. The largest absolute Gasteiger partial charge is 0.350 e. The molecular formula is C13H12ClN3O. The van der Waals surface area contributed by atoms with E-state index in [4.69, 9.17) is 11.6 Å². The maximum Gasteiger partial charge on any atom is 0.271 e. The van der Waals surface area contributed by atoms with Gasteiger partial charge in [-0.1, -0.05) is 11.6 Å². The Morgan fingerprint density at radius 1 is 1.33 bits per heavy atom. The first-order valence-electron chi connectivity index (χ1n) is 5.37. The lowest BCUT2D eigenvalue weighted by Crippen LogP contribution is -2.17. The van der Waals surface area contributed by atoms with Crippen LogP contribution in [0.1, 0.15) is 16.1 Å². The molecule has 0 bridgehead atoms. The number of halogens is 1. The van der Waals surface area contributed by atoms with Crippen molar-refractivity contribution in [1.29, 1.82) is 0 Å². The molecule has 4 nitrogen and oxygen atoms in total. The highest BCUT2D eigenvalue weighted by Gasteiger charge is 2.03. The summed E-state index contributed by atoms with van der Waals surface area (Å²) in [6.45, 7) is 0. The third-order valence-corrected chi connectivity index (χ3v) is 2.71. The second-order valence-electron chi connectivity index (χ2n) is 3.75. The number of aryl methyl sites for hydroxylation is 1. The van der Waals surface area contributed by atoms with E-state index in [1.54, 1.807) is 30.5 Å². The quantitative estimate of drug-likeness (QED) is 0.669. The third-order valence-electron chi connectivity index (χ3n) is 2.45. The summed E-state index contributed by atoms with van der Waals surface area (Å²) in [5.41, 5.74) is 3.88. The number of nitrogens with one attached hydrogen (secondary N) is 1. The molecule has 1 aromatic heterocycles. The van der Waals surface area contributed by atoms with Gasteiger partial charge in [-0.3, -0.25) is 4.79 Å². The Kier molecular flexibility index (Phi) is 3.79. The normalized spacial score (nSPS) is 10.8. The molecule has 1 N–H and O–H groups in total. The number of carbonyl (C=O) groups is 1. The van der Waals surface area contributed by atoms with E-state index in [1.165, 1.54) is 0 Å². The lowest BCUT2D eigenvalue weighted by Gasteiger charge is -2.00. The van der Waals surface area contributed by atoms with Gasteiger partial charge in [0.1, 0.15) is 0 Å². The van der Waals surface area contributed by atoms with E-state index >= 15 is 0 Å². The van der Waals surface area contributed by atoms with Crippen LogP contribution in [0.3, 0.4) is 0 Å². The highest BCUT2D eigenvalue weighted by Crippen LogP contribution is 2.09.